The zero-order valence-corrected chi connectivity index (χ0v) is 13.7. The van der Waals surface area contributed by atoms with E-state index in [1.54, 1.807) is 24.3 Å². The normalized spacial score (nSPS) is 11.7. The molecule has 130 valence electrons. The molecule has 0 unspecified atom stereocenters. The molecule has 0 radical (unpaired) electrons. The molecule has 3 aromatic rings. The number of hydrogen-bond acceptors (Lipinski definition) is 6. The van der Waals surface area contributed by atoms with Gasteiger partial charge < -0.3 is 9.51 Å². The van der Waals surface area contributed by atoms with Gasteiger partial charge in [0.05, 0.1) is 5.75 Å². The molecule has 0 aliphatic heterocycles. The molecule has 0 amide bonds. The van der Waals surface area contributed by atoms with Crippen molar-refractivity contribution in [3.63, 3.8) is 0 Å². The number of nitrogens with zero attached hydrogens (tertiary/aromatic N) is 3. The van der Waals surface area contributed by atoms with Gasteiger partial charge in [0.25, 0.3) is 11.4 Å². The lowest BCUT2D eigenvalue weighted by Gasteiger charge is -2.06. The van der Waals surface area contributed by atoms with Crippen LogP contribution in [0, 0.1) is 0 Å². The number of alkyl halides is 3. The number of aromatic amines is 1. The Kier molecular flexibility index (Phi) is 4.82. The molecule has 25 heavy (non-hydrogen) atoms. The predicted octanol–water partition coefficient (Wildman–Crippen LogP) is 3.78. The van der Waals surface area contributed by atoms with Gasteiger partial charge in [0, 0.05) is 16.7 Å². The van der Waals surface area contributed by atoms with Crippen LogP contribution in [0.1, 0.15) is 11.5 Å². The number of aromatic nitrogens is 4. The molecular formula is C14H8ClF3N4O2S. The lowest BCUT2D eigenvalue weighted by Crippen LogP contribution is -2.16. The van der Waals surface area contributed by atoms with Crippen LogP contribution in [0.4, 0.5) is 13.2 Å². The Balaban J connectivity index is 1.73. The lowest BCUT2D eigenvalue weighted by atomic mass is 10.2. The largest absolute Gasteiger partial charge is 0.433 e. The van der Waals surface area contributed by atoms with E-state index < -0.39 is 17.4 Å². The van der Waals surface area contributed by atoms with Crippen LogP contribution in [-0.4, -0.2) is 20.1 Å². The third-order valence-electron chi connectivity index (χ3n) is 2.91. The van der Waals surface area contributed by atoms with E-state index in [1.165, 1.54) is 0 Å². The fourth-order valence-corrected chi connectivity index (χ4v) is 2.65. The van der Waals surface area contributed by atoms with E-state index >= 15 is 0 Å². The van der Waals surface area contributed by atoms with Gasteiger partial charge in [0.15, 0.2) is 16.7 Å². The Labute approximate surface area is 147 Å². The maximum Gasteiger partial charge on any atom is 0.433 e. The molecule has 1 N–H and O–H groups in total. The first-order valence-corrected chi connectivity index (χ1v) is 8.07. The van der Waals surface area contributed by atoms with Gasteiger partial charge in [-0.1, -0.05) is 28.5 Å². The van der Waals surface area contributed by atoms with Crippen LogP contribution in [0.15, 0.2) is 44.8 Å². The first-order chi connectivity index (χ1) is 11.8. The summed E-state index contributed by atoms with van der Waals surface area (Å²) in [6, 6.07) is 7.11. The van der Waals surface area contributed by atoms with Crippen LogP contribution >= 0.6 is 23.4 Å². The summed E-state index contributed by atoms with van der Waals surface area (Å²) in [6.07, 6.45) is -4.70. The Hall–Kier alpha value is -2.33. The van der Waals surface area contributed by atoms with Crippen molar-refractivity contribution in [1.82, 2.24) is 20.1 Å². The van der Waals surface area contributed by atoms with E-state index in [1.807, 2.05) is 0 Å². The summed E-state index contributed by atoms with van der Waals surface area (Å²) in [6.45, 7) is 0. The molecule has 1 aromatic carbocycles. The summed E-state index contributed by atoms with van der Waals surface area (Å²) in [5.74, 6) is 0.564. The minimum absolute atomic E-state index is 0.0708. The van der Waals surface area contributed by atoms with Crippen molar-refractivity contribution in [2.75, 3.05) is 0 Å². The second kappa shape index (κ2) is 6.89. The van der Waals surface area contributed by atoms with Gasteiger partial charge in [-0.05, 0) is 24.3 Å². The van der Waals surface area contributed by atoms with E-state index in [0.29, 0.717) is 16.7 Å². The maximum atomic E-state index is 12.7. The van der Waals surface area contributed by atoms with Crippen molar-refractivity contribution in [3.05, 3.63) is 57.2 Å². The molecule has 6 nitrogen and oxygen atoms in total. The highest BCUT2D eigenvalue weighted by molar-refractivity contribution is 7.98. The maximum absolute atomic E-state index is 12.7. The summed E-state index contributed by atoms with van der Waals surface area (Å²) < 4.78 is 43.1. The Bertz CT molecular complexity index is 940. The zero-order chi connectivity index (χ0) is 18.0. The molecule has 0 fully saturated rings. The summed E-state index contributed by atoms with van der Waals surface area (Å²) in [5.41, 5.74) is -1.49. The molecular weight excluding hydrogens is 381 g/mol. The minimum Gasteiger partial charge on any atom is -0.334 e. The molecule has 11 heteroatoms. The number of nitrogens with one attached hydrogen (secondary N) is 1. The molecule has 2 aromatic heterocycles. The molecule has 0 aliphatic rings. The summed E-state index contributed by atoms with van der Waals surface area (Å²) in [5, 5.41) is 4.11. The van der Waals surface area contributed by atoms with Crippen LogP contribution in [0.5, 0.6) is 0 Å². The van der Waals surface area contributed by atoms with Crippen molar-refractivity contribution in [1.29, 1.82) is 0 Å². The van der Waals surface area contributed by atoms with E-state index in [4.69, 9.17) is 16.1 Å². The van der Waals surface area contributed by atoms with E-state index in [2.05, 4.69) is 20.1 Å². The van der Waals surface area contributed by atoms with E-state index in [-0.39, 0.29) is 22.6 Å². The van der Waals surface area contributed by atoms with Crippen molar-refractivity contribution < 1.29 is 17.7 Å². The van der Waals surface area contributed by atoms with Crippen molar-refractivity contribution in [2.24, 2.45) is 0 Å². The van der Waals surface area contributed by atoms with Crippen LogP contribution in [-0.2, 0) is 11.9 Å². The van der Waals surface area contributed by atoms with E-state index in [0.717, 1.165) is 11.8 Å². The van der Waals surface area contributed by atoms with E-state index in [9.17, 15) is 18.0 Å². The third kappa shape index (κ3) is 4.40. The standard InChI is InChI=1S/C14H8ClF3N4O2S/c15-8-3-1-7(2-4-8)12-20-10(22-24-12)6-25-13-19-9(14(16,17)18)5-11(23)21-13/h1-5H,6H2,(H,19,21,23). The molecule has 0 atom stereocenters. The summed E-state index contributed by atoms with van der Waals surface area (Å²) in [4.78, 5) is 21.1. The first kappa shape index (κ1) is 17.5. The van der Waals surface area contributed by atoms with Crippen molar-refractivity contribution >= 4 is 23.4 Å². The van der Waals surface area contributed by atoms with Crippen molar-refractivity contribution in [2.45, 2.75) is 17.1 Å². The minimum atomic E-state index is -4.70. The fourth-order valence-electron chi connectivity index (χ4n) is 1.80. The van der Waals surface area contributed by atoms with Gasteiger partial charge in [-0.3, -0.25) is 4.79 Å². The summed E-state index contributed by atoms with van der Waals surface area (Å²) >= 11 is 6.65. The van der Waals surface area contributed by atoms with Crippen LogP contribution in [0.25, 0.3) is 11.5 Å². The smallest absolute Gasteiger partial charge is 0.334 e. The monoisotopic (exact) mass is 388 g/mol. The van der Waals surface area contributed by atoms with Gasteiger partial charge in [-0.2, -0.15) is 18.2 Å². The molecule has 0 bridgehead atoms. The molecule has 0 aliphatic carbocycles. The highest BCUT2D eigenvalue weighted by Gasteiger charge is 2.33. The average Bonchev–Trinajstić information content (AvgIpc) is 3.01. The molecule has 0 saturated heterocycles. The number of hydrogen-bond donors (Lipinski definition) is 1. The number of H-pyrrole nitrogens is 1. The van der Waals surface area contributed by atoms with Gasteiger partial charge in [0.2, 0.25) is 0 Å². The zero-order valence-electron chi connectivity index (χ0n) is 12.2. The molecule has 0 spiro atoms. The average molecular weight is 389 g/mol. The number of rotatable bonds is 4. The second-order valence-corrected chi connectivity index (χ2v) is 6.15. The second-order valence-electron chi connectivity index (χ2n) is 4.74. The predicted molar refractivity (Wildman–Crippen MR) is 84.2 cm³/mol. The molecule has 2 heterocycles. The Morgan fingerprint density at radius 2 is 1.92 bits per heavy atom. The number of halogens is 4. The third-order valence-corrected chi connectivity index (χ3v) is 4.03. The number of thioether (sulfide) groups is 1. The Morgan fingerprint density at radius 3 is 2.60 bits per heavy atom. The van der Waals surface area contributed by atoms with Crippen LogP contribution in [0.2, 0.25) is 5.02 Å². The van der Waals surface area contributed by atoms with Gasteiger partial charge in [0.1, 0.15) is 0 Å². The van der Waals surface area contributed by atoms with Gasteiger partial charge in [-0.15, -0.1) is 0 Å². The summed E-state index contributed by atoms with van der Waals surface area (Å²) in [7, 11) is 0. The van der Waals surface area contributed by atoms with Gasteiger partial charge >= 0.3 is 6.18 Å². The van der Waals surface area contributed by atoms with Crippen LogP contribution in [0.3, 0.4) is 0 Å². The molecule has 0 saturated carbocycles. The topological polar surface area (TPSA) is 84.7 Å². The Morgan fingerprint density at radius 1 is 1.20 bits per heavy atom. The van der Waals surface area contributed by atoms with Crippen molar-refractivity contribution in [3.8, 4) is 11.5 Å². The first-order valence-electron chi connectivity index (χ1n) is 6.71. The molecule has 3 rings (SSSR count). The highest BCUT2D eigenvalue weighted by atomic mass is 35.5. The number of benzene rings is 1. The highest BCUT2D eigenvalue weighted by Crippen LogP contribution is 2.28. The van der Waals surface area contributed by atoms with Crippen LogP contribution < -0.4 is 5.56 Å². The lowest BCUT2D eigenvalue weighted by molar-refractivity contribution is -0.141. The SMILES string of the molecule is O=c1cc(C(F)(F)F)nc(SCc2noc(-c3ccc(Cl)cc3)n2)[nH]1. The quantitative estimate of drug-likeness (QED) is 0.540. The fraction of sp³-hybridized carbons (Fsp3) is 0.143. The van der Waals surface area contributed by atoms with Gasteiger partial charge in [-0.25, -0.2) is 4.98 Å².